The Kier molecular flexibility index (Phi) is 3.41. The topological polar surface area (TPSA) is 89.6 Å². The number of aromatic carboxylic acids is 1. The lowest BCUT2D eigenvalue weighted by Gasteiger charge is -2.06. The second-order valence-corrected chi connectivity index (χ2v) is 2.96. The molecule has 0 aliphatic heterocycles. The van der Waals surface area contributed by atoms with Crippen LogP contribution in [0.15, 0.2) is 18.2 Å². The number of hydrogen-bond donors (Lipinski definition) is 2. The van der Waals surface area contributed by atoms with Crippen LogP contribution in [0.5, 0.6) is 5.75 Å². The van der Waals surface area contributed by atoms with Crippen molar-refractivity contribution in [3.05, 3.63) is 29.3 Å². The molecule has 80 valence electrons. The van der Waals surface area contributed by atoms with Crippen LogP contribution in [0.25, 0.3) is 0 Å². The maximum Gasteiger partial charge on any atom is 0.335 e. The summed E-state index contributed by atoms with van der Waals surface area (Å²) in [6.07, 6.45) is 0. The van der Waals surface area contributed by atoms with E-state index < -0.39 is 11.9 Å². The van der Waals surface area contributed by atoms with Crippen molar-refractivity contribution in [3.8, 4) is 5.75 Å². The van der Waals surface area contributed by atoms with Gasteiger partial charge in [0.25, 0.3) is 0 Å². The molecule has 3 N–H and O–H groups in total. The quantitative estimate of drug-likeness (QED) is 0.560. The molecule has 1 aromatic rings. The van der Waals surface area contributed by atoms with Crippen molar-refractivity contribution in [2.24, 2.45) is 5.73 Å². The van der Waals surface area contributed by atoms with Crippen LogP contribution in [0.4, 0.5) is 0 Å². The minimum Gasteiger partial charge on any atom is -0.478 e. The molecule has 0 heterocycles. The molecule has 0 amide bonds. The van der Waals surface area contributed by atoms with Crippen molar-refractivity contribution < 1.29 is 19.4 Å². The molecular weight excluding hydrogens is 198 g/mol. The Balaban J connectivity index is 2.93. The van der Waals surface area contributed by atoms with E-state index in [2.05, 4.69) is 0 Å². The van der Waals surface area contributed by atoms with E-state index in [1.54, 1.807) is 6.92 Å². The Bertz CT molecular complexity index is 400. The molecule has 0 saturated carbocycles. The van der Waals surface area contributed by atoms with Crippen LogP contribution in [0, 0.1) is 6.92 Å². The molecule has 0 bridgehead atoms. The number of benzene rings is 1. The van der Waals surface area contributed by atoms with Gasteiger partial charge in [-0.25, -0.2) is 4.79 Å². The Hall–Kier alpha value is -1.88. The van der Waals surface area contributed by atoms with Gasteiger partial charge in [0.2, 0.25) is 0 Å². The highest BCUT2D eigenvalue weighted by atomic mass is 16.5. The summed E-state index contributed by atoms with van der Waals surface area (Å²) in [7, 11) is 0. The van der Waals surface area contributed by atoms with Gasteiger partial charge >= 0.3 is 11.9 Å². The van der Waals surface area contributed by atoms with E-state index in [9.17, 15) is 9.59 Å². The first kappa shape index (κ1) is 11.2. The number of carbonyl (C=O) groups excluding carboxylic acids is 1. The average Bonchev–Trinajstić information content (AvgIpc) is 2.20. The summed E-state index contributed by atoms with van der Waals surface area (Å²) in [5.41, 5.74) is 5.81. The summed E-state index contributed by atoms with van der Waals surface area (Å²) in [6, 6.07) is 4.24. The van der Waals surface area contributed by atoms with Gasteiger partial charge in [0.05, 0.1) is 12.1 Å². The largest absolute Gasteiger partial charge is 0.478 e. The molecule has 0 unspecified atom stereocenters. The fraction of sp³-hybridized carbons (Fsp3) is 0.200. The van der Waals surface area contributed by atoms with Crippen LogP contribution in [-0.2, 0) is 4.79 Å². The molecule has 0 fully saturated rings. The fourth-order valence-electron chi connectivity index (χ4n) is 1.06. The molecule has 0 aliphatic rings. The second kappa shape index (κ2) is 4.56. The van der Waals surface area contributed by atoms with Crippen LogP contribution >= 0.6 is 0 Å². The van der Waals surface area contributed by atoms with Gasteiger partial charge in [-0.05, 0) is 30.7 Å². The number of carbonyl (C=O) groups is 2. The van der Waals surface area contributed by atoms with Gasteiger partial charge in [-0.1, -0.05) is 0 Å². The summed E-state index contributed by atoms with van der Waals surface area (Å²) in [5.74, 6) is -1.24. The number of aryl methyl sites for hydroxylation is 1. The first-order valence-corrected chi connectivity index (χ1v) is 4.29. The maximum atomic E-state index is 10.9. The van der Waals surface area contributed by atoms with Gasteiger partial charge in [-0.15, -0.1) is 0 Å². The number of esters is 1. The molecule has 1 aromatic carbocycles. The smallest absolute Gasteiger partial charge is 0.335 e. The Labute approximate surface area is 86.5 Å². The molecule has 5 nitrogen and oxygen atoms in total. The van der Waals surface area contributed by atoms with Crippen molar-refractivity contribution in [1.29, 1.82) is 0 Å². The molecule has 15 heavy (non-hydrogen) atoms. The minimum absolute atomic E-state index is 0.153. The van der Waals surface area contributed by atoms with Crippen molar-refractivity contribution in [1.82, 2.24) is 0 Å². The van der Waals surface area contributed by atoms with Crippen LogP contribution in [0.3, 0.4) is 0 Å². The second-order valence-electron chi connectivity index (χ2n) is 2.96. The number of carboxylic acid groups (broad SMARTS) is 1. The average molecular weight is 209 g/mol. The van der Waals surface area contributed by atoms with E-state index in [0.717, 1.165) is 0 Å². The van der Waals surface area contributed by atoms with E-state index in [1.807, 2.05) is 0 Å². The van der Waals surface area contributed by atoms with E-state index in [-0.39, 0.29) is 12.1 Å². The summed E-state index contributed by atoms with van der Waals surface area (Å²) < 4.78 is 4.87. The molecule has 5 heteroatoms. The molecule has 0 aliphatic carbocycles. The first-order chi connectivity index (χ1) is 7.04. The lowest BCUT2D eigenvalue weighted by molar-refractivity contribution is -0.132. The lowest BCUT2D eigenvalue weighted by Crippen LogP contribution is -2.19. The predicted molar refractivity (Wildman–Crippen MR) is 52.8 cm³/mol. The van der Waals surface area contributed by atoms with E-state index in [4.69, 9.17) is 15.6 Å². The van der Waals surface area contributed by atoms with E-state index >= 15 is 0 Å². The summed E-state index contributed by atoms with van der Waals surface area (Å²) in [4.78, 5) is 21.5. The normalized spacial score (nSPS) is 9.73. The van der Waals surface area contributed by atoms with E-state index in [1.165, 1.54) is 18.2 Å². The highest BCUT2D eigenvalue weighted by Crippen LogP contribution is 2.19. The summed E-state index contributed by atoms with van der Waals surface area (Å²) in [6.45, 7) is 1.45. The van der Waals surface area contributed by atoms with Crippen molar-refractivity contribution in [2.45, 2.75) is 6.92 Å². The lowest BCUT2D eigenvalue weighted by atomic mass is 10.1. The third-order valence-corrected chi connectivity index (χ3v) is 1.81. The Morgan fingerprint density at radius 1 is 1.47 bits per heavy atom. The van der Waals surface area contributed by atoms with Crippen molar-refractivity contribution in [3.63, 3.8) is 0 Å². The van der Waals surface area contributed by atoms with Gasteiger partial charge in [-0.2, -0.15) is 0 Å². The molecule has 0 atom stereocenters. The number of nitrogens with two attached hydrogens (primary N) is 1. The number of ether oxygens (including phenoxy) is 1. The molecule has 0 spiro atoms. The standard InChI is InChI=1S/C10H11NO4/c1-6-4-7(10(13)14)2-3-8(6)15-9(12)5-11/h2-4H,5,11H2,1H3,(H,13,14). The zero-order valence-corrected chi connectivity index (χ0v) is 8.19. The van der Waals surface area contributed by atoms with Crippen LogP contribution in [0.1, 0.15) is 15.9 Å². The monoisotopic (exact) mass is 209 g/mol. The van der Waals surface area contributed by atoms with Crippen LogP contribution in [-0.4, -0.2) is 23.6 Å². The molecular formula is C10H11NO4. The Morgan fingerprint density at radius 3 is 2.60 bits per heavy atom. The third-order valence-electron chi connectivity index (χ3n) is 1.81. The number of rotatable bonds is 3. The Morgan fingerprint density at radius 2 is 2.13 bits per heavy atom. The number of hydrogen-bond acceptors (Lipinski definition) is 4. The third kappa shape index (κ3) is 2.78. The van der Waals surface area contributed by atoms with Gasteiger partial charge in [0, 0.05) is 0 Å². The molecule has 0 aromatic heterocycles. The number of carboxylic acids is 1. The van der Waals surface area contributed by atoms with Gasteiger partial charge in [0.1, 0.15) is 5.75 Å². The van der Waals surface area contributed by atoms with Gasteiger partial charge in [0.15, 0.2) is 0 Å². The molecule has 0 saturated heterocycles. The minimum atomic E-state index is -1.02. The zero-order valence-electron chi connectivity index (χ0n) is 8.19. The van der Waals surface area contributed by atoms with Gasteiger partial charge in [-0.3, -0.25) is 4.79 Å². The summed E-state index contributed by atoms with van der Waals surface area (Å²) >= 11 is 0. The molecule has 1 rings (SSSR count). The van der Waals surface area contributed by atoms with Gasteiger partial charge < -0.3 is 15.6 Å². The van der Waals surface area contributed by atoms with Crippen LogP contribution < -0.4 is 10.5 Å². The maximum absolute atomic E-state index is 10.9. The van der Waals surface area contributed by atoms with E-state index in [0.29, 0.717) is 11.3 Å². The fourth-order valence-corrected chi connectivity index (χ4v) is 1.06. The van der Waals surface area contributed by atoms with Crippen LogP contribution in [0.2, 0.25) is 0 Å². The highest BCUT2D eigenvalue weighted by Gasteiger charge is 2.08. The van der Waals surface area contributed by atoms with Crippen molar-refractivity contribution >= 4 is 11.9 Å². The zero-order chi connectivity index (χ0) is 11.4. The summed E-state index contributed by atoms with van der Waals surface area (Å²) in [5, 5.41) is 8.70. The van der Waals surface area contributed by atoms with Crippen molar-refractivity contribution in [2.75, 3.05) is 6.54 Å². The highest BCUT2D eigenvalue weighted by molar-refractivity contribution is 5.88. The SMILES string of the molecule is Cc1cc(C(=O)O)ccc1OC(=O)CN. The first-order valence-electron chi connectivity index (χ1n) is 4.29. The molecule has 0 radical (unpaired) electrons. The predicted octanol–water partition coefficient (Wildman–Crippen LogP) is 0.557.